The summed E-state index contributed by atoms with van der Waals surface area (Å²) >= 11 is 6.34. The van der Waals surface area contributed by atoms with E-state index in [1.54, 1.807) is 0 Å². The van der Waals surface area contributed by atoms with E-state index in [0.29, 0.717) is 17.6 Å². The molecule has 30 heavy (non-hydrogen) atoms. The standard InChI is InChI=1S/C25H16ClN3O/c26-25-28-23(17-13-12-15-6-1-2-7-16(15)14-17)27-24(29-25)19-9-5-11-21-22(19)18-8-3-4-10-20(18)30-21/h1-11,13-15H,12H2. The van der Waals surface area contributed by atoms with Crippen LogP contribution in [0.15, 0.2) is 88.9 Å². The van der Waals surface area contributed by atoms with Gasteiger partial charge in [-0.15, -0.1) is 0 Å². The Labute approximate surface area is 177 Å². The lowest BCUT2D eigenvalue weighted by Gasteiger charge is -2.20. The summed E-state index contributed by atoms with van der Waals surface area (Å²) in [5.74, 6) is 1.55. The molecular weight excluding hydrogens is 394 g/mol. The zero-order chi connectivity index (χ0) is 20.1. The molecule has 2 heterocycles. The van der Waals surface area contributed by atoms with E-state index in [9.17, 15) is 0 Å². The van der Waals surface area contributed by atoms with Gasteiger partial charge in [0.15, 0.2) is 11.6 Å². The molecule has 0 amide bonds. The molecule has 0 radical (unpaired) electrons. The van der Waals surface area contributed by atoms with Gasteiger partial charge in [-0.3, -0.25) is 0 Å². The second-order valence-electron chi connectivity index (χ2n) is 7.42. The Bertz CT molecular complexity index is 1440. The van der Waals surface area contributed by atoms with Crippen molar-refractivity contribution in [1.29, 1.82) is 0 Å². The summed E-state index contributed by atoms with van der Waals surface area (Å²) in [6.07, 6.45) is 13.7. The number of para-hydroxylation sites is 1. The van der Waals surface area contributed by atoms with Gasteiger partial charge in [0.25, 0.3) is 0 Å². The normalized spacial score (nSPS) is 17.8. The molecule has 0 spiro atoms. The van der Waals surface area contributed by atoms with Crippen molar-refractivity contribution in [2.24, 2.45) is 5.92 Å². The molecule has 2 aliphatic carbocycles. The van der Waals surface area contributed by atoms with E-state index >= 15 is 0 Å². The van der Waals surface area contributed by atoms with Crippen molar-refractivity contribution in [2.45, 2.75) is 6.42 Å². The second-order valence-corrected chi connectivity index (χ2v) is 7.76. The van der Waals surface area contributed by atoms with Crippen LogP contribution in [0.1, 0.15) is 12.2 Å². The number of rotatable bonds is 2. The highest BCUT2D eigenvalue weighted by atomic mass is 35.5. The number of fused-ring (bicyclic) bond motifs is 4. The number of furan rings is 1. The molecule has 0 aliphatic heterocycles. The van der Waals surface area contributed by atoms with Crippen LogP contribution in [0.3, 0.4) is 0 Å². The Morgan fingerprint density at radius 1 is 0.900 bits per heavy atom. The lowest BCUT2D eigenvalue weighted by molar-refractivity contribution is 0.669. The monoisotopic (exact) mass is 409 g/mol. The molecule has 0 saturated carbocycles. The van der Waals surface area contributed by atoms with Gasteiger partial charge < -0.3 is 4.42 Å². The molecule has 2 aromatic heterocycles. The van der Waals surface area contributed by atoms with Gasteiger partial charge in [-0.05, 0) is 41.8 Å². The average molecular weight is 410 g/mol. The Morgan fingerprint density at radius 2 is 1.77 bits per heavy atom. The minimum absolute atomic E-state index is 0.181. The van der Waals surface area contributed by atoms with Crippen molar-refractivity contribution in [1.82, 2.24) is 15.0 Å². The first-order valence-electron chi connectivity index (χ1n) is 9.85. The first-order chi connectivity index (χ1) is 14.8. The van der Waals surface area contributed by atoms with E-state index in [1.807, 2.05) is 42.5 Å². The zero-order valence-electron chi connectivity index (χ0n) is 15.9. The van der Waals surface area contributed by atoms with E-state index in [4.69, 9.17) is 21.0 Å². The highest BCUT2D eigenvalue weighted by molar-refractivity contribution is 6.28. The van der Waals surface area contributed by atoms with Gasteiger partial charge in [-0.1, -0.05) is 60.7 Å². The second kappa shape index (κ2) is 6.78. The maximum atomic E-state index is 6.34. The van der Waals surface area contributed by atoms with Gasteiger partial charge >= 0.3 is 0 Å². The van der Waals surface area contributed by atoms with Crippen LogP contribution in [0.5, 0.6) is 0 Å². The molecule has 6 rings (SSSR count). The van der Waals surface area contributed by atoms with Gasteiger partial charge in [0.05, 0.1) is 0 Å². The van der Waals surface area contributed by atoms with E-state index in [0.717, 1.165) is 39.5 Å². The van der Waals surface area contributed by atoms with Crippen molar-refractivity contribution in [3.8, 4) is 11.4 Å². The molecule has 2 aliphatic rings. The third-order valence-corrected chi connectivity index (χ3v) is 5.76. The van der Waals surface area contributed by atoms with E-state index < -0.39 is 0 Å². The quantitative estimate of drug-likeness (QED) is 0.376. The Kier molecular flexibility index (Phi) is 3.93. The van der Waals surface area contributed by atoms with Crippen LogP contribution in [0.4, 0.5) is 0 Å². The Hall–Kier alpha value is -3.50. The summed E-state index contributed by atoms with van der Waals surface area (Å²) in [7, 11) is 0. The Morgan fingerprint density at radius 3 is 2.73 bits per heavy atom. The summed E-state index contributed by atoms with van der Waals surface area (Å²) < 4.78 is 6.01. The van der Waals surface area contributed by atoms with E-state index in [2.05, 4.69) is 46.4 Å². The predicted octanol–water partition coefficient (Wildman–Crippen LogP) is 6.55. The number of allylic oxidation sites excluding steroid dienone is 8. The van der Waals surface area contributed by atoms with Crippen molar-refractivity contribution in [3.63, 3.8) is 0 Å². The Balaban J connectivity index is 1.52. The van der Waals surface area contributed by atoms with Gasteiger partial charge in [0.2, 0.25) is 5.28 Å². The lowest BCUT2D eigenvalue weighted by atomic mass is 9.85. The number of nitrogens with zero attached hydrogens (tertiary/aromatic N) is 3. The predicted molar refractivity (Wildman–Crippen MR) is 120 cm³/mol. The molecule has 2 aromatic carbocycles. The molecule has 144 valence electrons. The smallest absolute Gasteiger partial charge is 0.226 e. The molecule has 4 aromatic rings. The molecule has 1 unspecified atom stereocenters. The largest absolute Gasteiger partial charge is 0.456 e. The number of benzene rings is 2. The molecular formula is C25H16ClN3O. The van der Waals surface area contributed by atoms with Gasteiger partial charge in [0.1, 0.15) is 11.2 Å². The highest BCUT2D eigenvalue weighted by Gasteiger charge is 2.20. The molecule has 0 N–H and O–H groups in total. The van der Waals surface area contributed by atoms with E-state index in [1.165, 1.54) is 5.57 Å². The molecule has 0 saturated heterocycles. The highest BCUT2D eigenvalue weighted by Crippen LogP contribution is 2.36. The van der Waals surface area contributed by atoms with Crippen LogP contribution in [0.2, 0.25) is 5.28 Å². The first kappa shape index (κ1) is 17.4. The fourth-order valence-electron chi connectivity index (χ4n) is 4.18. The topological polar surface area (TPSA) is 51.8 Å². The van der Waals surface area contributed by atoms with Gasteiger partial charge in [-0.2, -0.15) is 9.97 Å². The summed E-state index contributed by atoms with van der Waals surface area (Å²) in [5.41, 5.74) is 4.74. The van der Waals surface area contributed by atoms with E-state index in [-0.39, 0.29) is 5.28 Å². The maximum absolute atomic E-state index is 6.34. The number of hydrogen-bond acceptors (Lipinski definition) is 4. The van der Waals surface area contributed by atoms with Gasteiger partial charge in [-0.25, -0.2) is 4.98 Å². The minimum Gasteiger partial charge on any atom is -0.456 e. The number of aromatic nitrogens is 3. The third kappa shape index (κ3) is 2.80. The third-order valence-electron chi connectivity index (χ3n) is 5.59. The summed E-state index contributed by atoms with van der Waals surface area (Å²) in [5, 5.41) is 2.19. The lowest BCUT2D eigenvalue weighted by Crippen LogP contribution is -2.07. The van der Waals surface area contributed by atoms with Crippen LogP contribution < -0.4 is 0 Å². The number of halogens is 1. The number of hydrogen-bond donors (Lipinski definition) is 0. The summed E-state index contributed by atoms with van der Waals surface area (Å²) in [6, 6.07) is 13.9. The van der Waals surface area contributed by atoms with Crippen molar-refractivity contribution in [2.75, 3.05) is 0 Å². The fraction of sp³-hybridized carbons (Fsp3) is 0.0800. The first-order valence-corrected chi connectivity index (χ1v) is 10.2. The molecule has 0 fully saturated rings. The average Bonchev–Trinajstić information content (AvgIpc) is 3.17. The molecule has 0 bridgehead atoms. The maximum Gasteiger partial charge on any atom is 0.226 e. The minimum atomic E-state index is 0.181. The SMILES string of the molecule is Clc1nc(C2=CCC3C=CC=CC3=C2)nc(-c2cccc3oc4ccccc4c23)n1. The summed E-state index contributed by atoms with van der Waals surface area (Å²) in [6.45, 7) is 0. The molecule has 1 atom stereocenters. The van der Waals surface area contributed by atoms with Crippen molar-refractivity contribution < 1.29 is 4.42 Å². The van der Waals surface area contributed by atoms with Crippen LogP contribution >= 0.6 is 11.6 Å². The van der Waals surface area contributed by atoms with Gasteiger partial charge in [0, 0.05) is 27.8 Å². The van der Waals surface area contributed by atoms with Crippen LogP contribution in [0, 0.1) is 5.92 Å². The van der Waals surface area contributed by atoms with Crippen LogP contribution in [-0.2, 0) is 0 Å². The van der Waals surface area contributed by atoms with Crippen molar-refractivity contribution >= 4 is 39.1 Å². The van der Waals surface area contributed by atoms with Crippen LogP contribution in [0.25, 0.3) is 38.9 Å². The van der Waals surface area contributed by atoms with Crippen molar-refractivity contribution in [3.05, 3.63) is 95.6 Å². The summed E-state index contributed by atoms with van der Waals surface area (Å²) in [4.78, 5) is 13.7. The van der Waals surface area contributed by atoms with Crippen LogP contribution in [-0.4, -0.2) is 15.0 Å². The fourth-order valence-corrected chi connectivity index (χ4v) is 4.34. The molecule has 5 heteroatoms. The zero-order valence-corrected chi connectivity index (χ0v) is 16.7. The molecule has 4 nitrogen and oxygen atoms in total.